The zero-order chi connectivity index (χ0) is 17.3. The fraction of sp³-hybridized carbons (Fsp3) is 0.368. The molecule has 0 fully saturated rings. The van der Waals surface area contributed by atoms with E-state index < -0.39 is 0 Å². The largest absolute Gasteiger partial charge is 0.492 e. The van der Waals surface area contributed by atoms with Crippen molar-refractivity contribution in [2.75, 3.05) is 6.61 Å². The van der Waals surface area contributed by atoms with Crippen molar-refractivity contribution in [3.05, 3.63) is 46.5 Å². The molecule has 0 amide bonds. The van der Waals surface area contributed by atoms with E-state index in [1.54, 1.807) is 12.4 Å². The predicted octanol–water partition coefficient (Wildman–Crippen LogP) is 3.14. The van der Waals surface area contributed by atoms with Crippen molar-refractivity contribution >= 4 is 21.7 Å². The zero-order valence-electron chi connectivity index (χ0n) is 14.3. The number of aromatic nitrogens is 2. The Bertz CT molecular complexity index is 931. The summed E-state index contributed by atoms with van der Waals surface area (Å²) in [4.78, 5) is 19.2. The van der Waals surface area contributed by atoms with Crippen LogP contribution in [0.1, 0.15) is 25.8 Å². The van der Waals surface area contributed by atoms with Crippen LogP contribution in [0.15, 0.2) is 35.4 Å². The zero-order valence-corrected chi connectivity index (χ0v) is 14.3. The number of rotatable bonds is 5. The van der Waals surface area contributed by atoms with Crippen LogP contribution in [0.5, 0.6) is 5.75 Å². The molecule has 0 unspecified atom stereocenters. The number of nitrogens with two attached hydrogens (primary N) is 1. The van der Waals surface area contributed by atoms with E-state index in [1.165, 1.54) is 0 Å². The van der Waals surface area contributed by atoms with Crippen molar-refractivity contribution in [1.82, 2.24) is 9.97 Å². The Labute approximate surface area is 140 Å². The number of hydrogen-bond acceptors (Lipinski definition) is 4. The molecule has 0 aliphatic rings. The lowest BCUT2D eigenvalue weighted by Crippen LogP contribution is -2.29. The minimum Gasteiger partial charge on any atom is -0.492 e. The number of hydrogen-bond donors (Lipinski definition) is 2. The first-order valence-corrected chi connectivity index (χ1v) is 8.24. The van der Waals surface area contributed by atoms with Gasteiger partial charge in [0.05, 0.1) is 10.9 Å². The van der Waals surface area contributed by atoms with Crippen LogP contribution in [0, 0.1) is 12.8 Å². The van der Waals surface area contributed by atoms with E-state index in [4.69, 9.17) is 10.5 Å². The fourth-order valence-corrected chi connectivity index (χ4v) is 3.04. The van der Waals surface area contributed by atoms with Gasteiger partial charge in [-0.15, -0.1) is 0 Å². The monoisotopic (exact) mass is 325 g/mol. The van der Waals surface area contributed by atoms with E-state index in [1.807, 2.05) is 25.1 Å². The van der Waals surface area contributed by atoms with Gasteiger partial charge < -0.3 is 15.5 Å². The number of aromatic amines is 1. The van der Waals surface area contributed by atoms with Crippen LogP contribution in [0.4, 0.5) is 0 Å². The van der Waals surface area contributed by atoms with Crippen LogP contribution in [0.3, 0.4) is 0 Å². The molecule has 1 aromatic carbocycles. The molecule has 5 nitrogen and oxygen atoms in total. The quantitative estimate of drug-likeness (QED) is 0.706. The Morgan fingerprint density at radius 1 is 1.25 bits per heavy atom. The van der Waals surface area contributed by atoms with E-state index in [-0.39, 0.29) is 11.6 Å². The van der Waals surface area contributed by atoms with Gasteiger partial charge in [0.2, 0.25) is 0 Å². The van der Waals surface area contributed by atoms with Crippen LogP contribution < -0.4 is 16.0 Å². The first kappa shape index (κ1) is 16.5. The summed E-state index contributed by atoms with van der Waals surface area (Å²) in [6.45, 7) is 6.75. The van der Waals surface area contributed by atoms with E-state index in [9.17, 15) is 4.79 Å². The number of aryl methyl sites for hydroxylation is 1. The molecular weight excluding hydrogens is 302 g/mol. The molecule has 126 valence electrons. The molecular formula is C19H23N3O2. The third-order valence-corrected chi connectivity index (χ3v) is 4.15. The molecule has 0 spiro atoms. The van der Waals surface area contributed by atoms with Crippen molar-refractivity contribution in [2.45, 2.75) is 33.2 Å². The van der Waals surface area contributed by atoms with Gasteiger partial charge >= 0.3 is 0 Å². The Hall–Kier alpha value is -2.40. The van der Waals surface area contributed by atoms with Crippen LogP contribution in [-0.4, -0.2) is 22.6 Å². The fourth-order valence-electron chi connectivity index (χ4n) is 3.04. The molecule has 3 N–H and O–H groups in total. The topological polar surface area (TPSA) is 81.0 Å². The first-order chi connectivity index (χ1) is 11.5. The second kappa shape index (κ2) is 6.61. The molecule has 0 aliphatic heterocycles. The molecule has 0 aliphatic carbocycles. The average molecular weight is 325 g/mol. The number of nitrogens with zero attached hydrogens (tertiary/aromatic N) is 1. The molecule has 3 rings (SSSR count). The summed E-state index contributed by atoms with van der Waals surface area (Å²) in [6.07, 6.45) is 4.21. The second-order valence-electron chi connectivity index (χ2n) is 6.74. The van der Waals surface area contributed by atoms with E-state index >= 15 is 0 Å². The number of ether oxygens (including phenoxy) is 1. The Morgan fingerprint density at radius 3 is 2.79 bits per heavy atom. The first-order valence-electron chi connectivity index (χ1n) is 8.24. The minimum absolute atomic E-state index is 0.00169. The van der Waals surface area contributed by atoms with Gasteiger partial charge in [0.15, 0.2) is 0 Å². The van der Waals surface area contributed by atoms with Crippen LogP contribution in [0.25, 0.3) is 21.7 Å². The lowest BCUT2D eigenvalue weighted by Gasteiger charge is -2.17. The van der Waals surface area contributed by atoms with Crippen molar-refractivity contribution in [3.8, 4) is 5.75 Å². The average Bonchev–Trinajstić information content (AvgIpc) is 2.53. The highest BCUT2D eigenvalue weighted by molar-refractivity contribution is 6.05. The van der Waals surface area contributed by atoms with Crippen molar-refractivity contribution in [1.29, 1.82) is 0 Å². The van der Waals surface area contributed by atoms with Gasteiger partial charge in [-0.3, -0.25) is 9.78 Å². The van der Waals surface area contributed by atoms with E-state index in [0.717, 1.165) is 34.0 Å². The number of H-pyrrole nitrogens is 1. The second-order valence-corrected chi connectivity index (χ2v) is 6.74. The molecule has 0 bridgehead atoms. The molecule has 0 radical (unpaired) electrons. The number of nitrogens with one attached hydrogen (secondary N) is 1. The third-order valence-electron chi connectivity index (χ3n) is 4.15. The van der Waals surface area contributed by atoms with Crippen molar-refractivity contribution in [2.24, 2.45) is 11.7 Å². The van der Waals surface area contributed by atoms with Gasteiger partial charge in [-0.2, -0.15) is 0 Å². The minimum atomic E-state index is -0.142. The van der Waals surface area contributed by atoms with Gasteiger partial charge in [-0.25, -0.2) is 0 Å². The predicted molar refractivity (Wildman–Crippen MR) is 97.5 cm³/mol. The third kappa shape index (κ3) is 3.26. The molecule has 2 heterocycles. The van der Waals surface area contributed by atoms with Crippen LogP contribution >= 0.6 is 0 Å². The Kier molecular flexibility index (Phi) is 4.53. The maximum Gasteiger partial charge on any atom is 0.257 e. The lowest BCUT2D eigenvalue weighted by molar-refractivity contribution is 0.270. The highest BCUT2D eigenvalue weighted by Crippen LogP contribution is 2.28. The molecule has 5 heteroatoms. The van der Waals surface area contributed by atoms with E-state index in [0.29, 0.717) is 17.9 Å². The van der Waals surface area contributed by atoms with Gasteiger partial charge in [0, 0.05) is 29.9 Å². The molecule has 2 aromatic heterocycles. The molecule has 0 saturated carbocycles. The van der Waals surface area contributed by atoms with Crippen LogP contribution in [-0.2, 0) is 0 Å². The smallest absolute Gasteiger partial charge is 0.257 e. The van der Waals surface area contributed by atoms with Crippen molar-refractivity contribution < 1.29 is 4.74 Å². The number of benzene rings is 1. The SMILES string of the molecule is Cc1cc2c(cc1OC[C@@H](N)CC(C)C)[nH]c(=O)c1cnccc12. The summed E-state index contributed by atoms with van der Waals surface area (Å²) in [5.41, 5.74) is 7.73. The molecule has 3 aromatic rings. The van der Waals surface area contributed by atoms with Gasteiger partial charge in [0.1, 0.15) is 12.4 Å². The van der Waals surface area contributed by atoms with E-state index in [2.05, 4.69) is 23.8 Å². The summed E-state index contributed by atoms with van der Waals surface area (Å²) < 4.78 is 5.90. The standard InChI is InChI=1S/C19H23N3O2/c1-11(2)6-13(20)10-24-18-8-17-15(7-12(18)3)14-4-5-21-9-16(14)19(23)22-17/h4-5,7-9,11,13H,6,10,20H2,1-3H3,(H,22,23)/t13-/m0/s1. The summed E-state index contributed by atoms with van der Waals surface area (Å²) in [5, 5.41) is 2.48. The van der Waals surface area contributed by atoms with Gasteiger partial charge in [-0.05, 0) is 42.3 Å². The Balaban J connectivity index is 1.98. The summed E-state index contributed by atoms with van der Waals surface area (Å²) in [6, 6.07) is 5.79. The van der Waals surface area contributed by atoms with Gasteiger partial charge in [-0.1, -0.05) is 13.8 Å². The lowest BCUT2D eigenvalue weighted by atomic mass is 10.0. The summed E-state index contributed by atoms with van der Waals surface area (Å²) in [7, 11) is 0. The number of pyridine rings is 2. The highest BCUT2D eigenvalue weighted by Gasteiger charge is 2.11. The summed E-state index contributed by atoms with van der Waals surface area (Å²) >= 11 is 0. The van der Waals surface area contributed by atoms with Crippen LogP contribution in [0.2, 0.25) is 0 Å². The number of fused-ring (bicyclic) bond motifs is 3. The normalized spacial score (nSPS) is 12.9. The van der Waals surface area contributed by atoms with Gasteiger partial charge in [0.25, 0.3) is 5.56 Å². The highest BCUT2D eigenvalue weighted by atomic mass is 16.5. The molecule has 24 heavy (non-hydrogen) atoms. The van der Waals surface area contributed by atoms with Crippen molar-refractivity contribution in [3.63, 3.8) is 0 Å². The molecule has 1 atom stereocenters. The maximum atomic E-state index is 12.2. The Morgan fingerprint density at radius 2 is 2.04 bits per heavy atom. The molecule has 0 saturated heterocycles. The maximum absolute atomic E-state index is 12.2. The summed E-state index contributed by atoms with van der Waals surface area (Å²) in [5.74, 6) is 1.29.